The molecular weight excluding hydrogens is 491 g/mol. The third kappa shape index (κ3) is 5.31. The van der Waals surface area contributed by atoms with Gasteiger partial charge in [0.1, 0.15) is 23.0 Å². The van der Waals surface area contributed by atoms with Crippen molar-refractivity contribution < 1.29 is 23.6 Å². The van der Waals surface area contributed by atoms with Crippen LogP contribution in [0, 0.1) is 0 Å². The van der Waals surface area contributed by atoms with Crippen molar-refractivity contribution in [1.29, 1.82) is 0 Å². The number of hydrogen-bond acceptors (Lipinski definition) is 6. The molecule has 9 heteroatoms. The van der Waals surface area contributed by atoms with E-state index < -0.39 is 17.0 Å². The molecule has 2 aromatic rings. The maximum Gasteiger partial charge on any atom is 0.410 e. The number of carbonyl (C=O) groups excluding carboxylic acids is 2. The number of amides is 1. The van der Waals surface area contributed by atoms with Gasteiger partial charge < -0.3 is 18.9 Å². The minimum Gasteiger partial charge on any atom is -0.458 e. The summed E-state index contributed by atoms with van der Waals surface area (Å²) in [5, 5.41) is 4.92. The topological polar surface area (TPSA) is 81.9 Å². The molecule has 7 nitrogen and oxygen atoms in total. The second-order valence-corrected chi connectivity index (χ2v) is 12.2. The van der Waals surface area contributed by atoms with E-state index in [1.54, 1.807) is 18.2 Å². The lowest BCUT2D eigenvalue weighted by Gasteiger charge is -2.39. The van der Waals surface area contributed by atoms with Gasteiger partial charge in [-0.1, -0.05) is 55.2 Å². The zero-order valence-corrected chi connectivity index (χ0v) is 22.5. The number of rotatable bonds is 3. The normalized spacial score (nSPS) is 22.3. The highest BCUT2D eigenvalue weighted by molar-refractivity contribution is 6.39. The Labute approximate surface area is 216 Å². The molecule has 190 valence electrons. The molecule has 2 aliphatic heterocycles. The number of piperidine rings is 1. The minimum atomic E-state index is -0.562. The summed E-state index contributed by atoms with van der Waals surface area (Å²) >= 11 is 12.9. The molecule has 2 bridgehead atoms. The Morgan fingerprint density at radius 3 is 2.11 bits per heavy atom. The predicted molar refractivity (Wildman–Crippen MR) is 134 cm³/mol. The minimum absolute atomic E-state index is 0.0246. The third-order valence-electron chi connectivity index (χ3n) is 6.34. The highest BCUT2D eigenvalue weighted by atomic mass is 35.5. The summed E-state index contributed by atoms with van der Waals surface area (Å²) in [6.45, 7) is 11.4. The largest absolute Gasteiger partial charge is 0.458 e. The zero-order valence-electron chi connectivity index (χ0n) is 21.0. The van der Waals surface area contributed by atoms with Crippen LogP contribution in [0.4, 0.5) is 4.79 Å². The highest BCUT2D eigenvalue weighted by Gasteiger charge is 2.46. The standard InChI is InChI=1S/C26H32Cl2N2O5/c1-25(2,3)22-20(21(29-35-22)19-17(27)8-7-9-18(19)28)23(31)33-16-12-14-10-11-15(13-16)30(14)24(32)34-26(4,5)6/h7-9,14-16H,10-13H2,1-6H3/t14-,15+,16?. The Kier molecular flexibility index (Phi) is 6.88. The lowest BCUT2D eigenvalue weighted by Crippen LogP contribution is -2.50. The summed E-state index contributed by atoms with van der Waals surface area (Å²) < 4.78 is 17.3. The van der Waals surface area contributed by atoms with Gasteiger partial charge in [0, 0.05) is 35.9 Å². The number of ether oxygens (including phenoxy) is 2. The van der Waals surface area contributed by atoms with E-state index in [0.717, 1.165) is 12.8 Å². The smallest absolute Gasteiger partial charge is 0.410 e. The lowest BCUT2D eigenvalue weighted by molar-refractivity contribution is -0.0227. The van der Waals surface area contributed by atoms with Crippen molar-refractivity contribution in [1.82, 2.24) is 10.1 Å². The molecule has 35 heavy (non-hydrogen) atoms. The first-order valence-electron chi connectivity index (χ1n) is 11.9. The molecule has 2 aliphatic rings. The molecule has 4 rings (SSSR count). The van der Waals surface area contributed by atoms with Crippen LogP contribution < -0.4 is 0 Å². The molecule has 2 saturated heterocycles. The maximum atomic E-state index is 13.6. The first kappa shape index (κ1) is 25.8. The van der Waals surface area contributed by atoms with Gasteiger partial charge in [0.15, 0.2) is 5.76 Å². The number of benzene rings is 1. The number of nitrogens with zero attached hydrogens (tertiary/aromatic N) is 2. The van der Waals surface area contributed by atoms with Crippen molar-refractivity contribution >= 4 is 35.3 Å². The summed E-state index contributed by atoms with van der Waals surface area (Å²) in [5.74, 6) is -0.125. The van der Waals surface area contributed by atoms with Gasteiger partial charge >= 0.3 is 12.1 Å². The number of halogens is 2. The fraction of sp³-hybridized carbons (Fsp3) is 0.577. The van der Waals surface area contributed by atoms with Gasteiger partial charge in [-0.15, -0.1) is 0 Å². The van der Waals surface area contributed by atoms with E-state index in [1.807, 2.05) is 46.4 Å². The Bertz CT molecular complexity index is 1100. The van der Waals surface area contributed by atoms with E-state index in [4.69, 9.17) is 37.2 Å². The fourth-order valence-corrected chi connectivity index (χ4v) is 5.51. The van der Waals surface area contributed by atoms with Gasteiger partial charge in [0.05, 0.1) is 10.0 Å². The van der Waals surface area contributed by atoms with Gasteiger partial charge in [-0.25, -0.2) is 9.59 Å². The molecule has 1 unspecified atom stereocenters. The van der Waals surface area contributed by atoms with Crippen LogP contribution in [0.1, 0.15) is 83.3 Å². The van der Waals surface area contributed by atoms with Gasteiger partial charge in [-0.2, -0.15) is 0 Å². The second kappa shape index (κ2) is 9.32. The highest BCUT2D eigenvalue weighted by Crippen LogP contribution is 2.42. The number of carbonyl (C=O) groups is 2. The van der Waals surface area contributed by atoms with Crippen LogP contribution in [0.25, 0.3) is 11.3 Å². The van der Waals surface area contributed by atoms with Crippen LogP contribution in [-0.4, -0.2) is 45.9 Å². The molecule has 0 aliphatic carbocycles. The molecule has 0 radical (unpaired) electrons. The number of fused-ring (bicyclic) bond motifs is 2. The molecule has 0 N–H and O–H groups in total. The number of aromatic nitrogens is 1. The van der Waals surface area contributed by atoms with Crippen LogP contribution in [-0.2, 0) is 14.9 Å². The van der Waals surface area contributed by atoms with E-state index in [2.05, 4.69) is 5.16 Å². The second-order valence-electron chi connectivity index (χ2n) is 11.4. The van der Waals surface area contributed by atoms with Gasteiger partial charge in [0.25, 0.3) is 0 Å². The molecule has 1 amide bonds. The zero-order chi connectivity index (χ0) is 25.7. The molecule has 2 fully saturated rings. The molecule has 0 spiro atoms. The first-order valence-corrected chi connectivity index (χ1v) is 12.7. The summed E-state index contributed by atoms with van der Waals surface area (Å²) in [6.07, 6.45) is 2.19. The Morgan fingerprint density at radius 2 is 1.60 bits per heavy atom. The summed E-state index contributed by atoms with van der Waals surface area (Å²) in [4.78, 5) is 28.2. The van der Waals surface area contributed by atoms with E-state index in [9.17, 15) is 9.59 Å². The van der Waals surface area contributed by atoms with Crippen molar-refractivity contribution in [3.05, 3.63) is 39.6 Å². The van der Waals surface area contributed by atoms with Crippen molar-refractivity contribution in [2.45, 2.75) is 96.4 Å². The fourth-order valence-electron chi connectivity index (χ4n) is 4.93. The van der Waals surface area contributed by atoms with E-state index in [-0.39, 0.29) is 35.5 Å². The van der Waals surface area contributed by atoms with Gasteiger partial charge in [-0.05, 0) is 45.7 Å². The van der Waals surface area contributed by atoms with E-state index >= 15 is 0 Å². The third-order valence-corrected chi connectivity index (χ3v) is 6.97. The Hall–Kier alpha value is -2.25. The Balaban J connectivity index is 1.59. The maximum absolute atomic E-state index is 13.6. The van der Waals surface area contributed by atoms with Crippen LogP contribution >= 0.6 is 23.2 Å². The quantitative estimate of drug-likeness (QED) is 0.402. The van der Waals surface area contributed by atoms with Crippen LogP contribution in [0.3, 0.4) is 0 Å². The average molecular weight is 523 g/mol. The number of hydrogen-bond donors (Lipinski definition) is 0. The average Bonchev–Trinajstić information content (AvgIpc) is 3.26. The predicted octanol–water partition coefficient (Wildman–Crippen LogP) is 7.03. The van der Waals surface area contributed by atoms with Gasteiger partial charge in [-0.3, -0.25) is 0 Å². The van der Waals surface area contributed by atoms with Gasteiger partial charge in [0.2, 0.25) is 0 Å². The molecule has 3 heterocycles. The van der Waals surface area contributed by atoms with Crippen molar-refractivity contribution in [3.8, 4) is 11.3 Å². The van der Waals surface area contributed by atoms with Crippen molar-refractivity contribution in [2.24, 2.45) is 0 Å². The molecule has 0 saturated carbocycles. The SMILES string of the molecule is CC(C)(C)OC(=O)N1[C@@H]2CC[C@H]1CC(OC(=O)c1c(-c3c(Cl)cccc3Cl)noc1C(C)(C)C)C2. The molecule has 1 aromatic carbocycles. The molecular formula is C26H32Cl2N2O5. The summed E-state index contributed by atoms with van der Waals surface area (Å²) in [5.41, 5.74) is -0.138. The van der Waals surface area contributed by atoms with E-state index in [1.165, 1.54) is 0 Å². The molecule has 1 aromatic heterocycles. The van der Waals surface area contributed by atoms with Crippen LogP contribution in [0.2, 0.25) is 10.0 Å². The number of esters is 1. The van der Waals surface area contributed by atoms with Crippen molar-refractivity contribution in [2.75, 3.05) is 0 Å². The summed E-state index contributed by atoms with van der Waals surface area (Å²) in [7, 11) is 0. The van der Waals surface area contributed by atoms with Crippen molar-refractivity contribution in [3.63, 3.8) is 0 Å². The monoisotopic (exact) mass is 522 g/mol. The van der Waals surface area contributed by atoms with Crippen LogP contribution in [0.5, 0.6) is 0 Å². The van der Waals surface area contributed by atoms with E-state index in [0.29, 0.717) is 34.2 Å². The Morgan fingerprint density at radius 1 is 1.03 bits per heavy atom. The summed E-state index contributed by atoms with van der Waals surface area (Å²) in [6, 6.07) is 5.05. The lowest BCUT2D eigenvalue weighted by atomic mass is 9.88. The van der Waals surface area contributed by atoms with Crippen LogP contribution in [0.15, 0.2) is 22.7 Å². The molecule has 3 atom stereocenters. The first-order chi connectivity index (χ1) is 16.3.